The Hall–Kier alpha value is -3.13. The number of benzene rings is 2. The van der Waals surface area contributed by atoms with Crippen LogP contribution in [0.1, 0.15) is 41.9 Å². The van der Waals surface area contributed by atoms with Gasteiger partial charge >= 0.3 is 0 Å². The van der Waals surface area contributed by atoms with Crippen LogP contribution in [0.15, 0.2) is 59.8 Å². The number of nitrogens with zero attached hydrogens (tertiary/aromatic N) is 3. The monoisotopic (exact) mass is 421 g/mol. The van der Waals surface area contributed by atoms with E-state index in [1.54, 1.807) is 24.3 Å². The second-order valence-corrected chi connectivity index (χ2v) is 7.99. The lowest BCUT2D eigenvalue weighted by molar-refractivity contribution is -0.113. The van der Waals surface area contributed by atoms with Gasteiger partial charge in [-0.25, -0.2) is 9.67 Å². The van der Waals surface area contributed by atoms with Gasteiger partial charge in [0.2, 0.25) is 11.1 Å². The number of hydrogen-bond donors (Lipinski definition) is 2. The lowest BCUT2D eigenvalue weighted by Gasteiger charge is -2.07. The highest BCUT2D eigenvalue weighted by molar-refractivity contribution is 7.99. The summed E-state index contributed by atoms with van der Waals surface area (Å²) < 4.78 is 1.88. The molecule has 1 aliphatic carbocycles. The predicted octanol–water partition coefficient (Wildman–Crippen LogP) is 3.63. The number of carbonyl (C=O) groups is 2. The van der Waals surface area contributed by atoms with Gasteiger partial charge in [0, 0.05) is 23.7 Å². The molecule has 0 radical (unpaired) electrons. The molecule has 2 amide bonds. The molecule has 0 spiro atoms. The van der Waals surface area contributed by atoms with Gasteiger partial charge in [-0.3, -0.25) is 9.59 Å². The minimum atomic E-state index is -0.169. The number of rotatable bonds is 8. The lowest BCUT2D eigenvalue weighted by atomic mass is 10.2. The third kappa shape index (κ3) is 4.88. The minimum Gasteiger partial charge on any atom is -0.352 e. The van der Waals surface area contributed by atoms with Crippen molar-refractivity contribution < 1.29 is 9.59 Å². The minimum absolute atomic E-state index is 0.161. The number of para-hydroxylation sites is 1. The average Bonchev–Trinajstić information content (AvgIpc) is 3.52. The van der Waals surface area contributed by atoms with Gasteiger partial charge in [0.05, 0.1) is 11.4 Å². The number of nitrogens with one attached hydrogen (secondary N) is 2. The van der Waals surface area contributed by atoms with Crippen LogP contribution < -0.4 is 10.6 Å². The number of amides is 2. The fraction of sp³-hybridized carbons (Fsp3) is 0.273. The Balaban J connectivity index is 1.40. The molecule has 2 aromatic carbocycles. The van der Waals surface area contributed by atoms with E-state index >= 15 is 0 Å². The summed E-state index contributed by atoms with van der Waals surface area (Å²) in [6.07, 6.45) is 2.25. The van der Waals surface area contributed by atoms with E-state index in [1.165, 1.54) is 11.8 Å². The molecule has 0 unspecified atom stereocenters. The van der Waals surface area contributed by atoms with Crippen LogP contribution in [-0.2, 0) is 4.79 Å². The van der Waals surface area contributed by atoms with Crippen LogP contribution >= 0.6 is 11.8 Å². The molecule has 154 valence electrons. The summed E-state index contributed by atoms with van der Waals surface area (Å²) in [6.45, 7) is 2.42. The molecule has 1 heterocycles. The van der Waals surface area contributed by atoms with Crippen LogP contribution in [0.2, 0.25) is 0 Å². The highest BCUT2D eigenvalue weighted by Gasteiger charge is 2.30. The first-order valence-corrected chi connectivity index (χ1v) is 11.0. The molecule has 1 saturated carbocycles. The zero-order valence-electron chi connectivity index (χ0n) is 16.7. The van der Waals surface area contributed by atoms with Crippen molar-refractivity contribution in [3.8, 4) is 5.69 Å². The van der Waals surface area contributed by atoms with Gasteiger partial charge in [0.15, 0.2) is 0 Å². The Morgan fingerprint density at radius 3 is 2.67 bits per heavy atom. The van der Waals surface area contributed by atoms with Gasteiger partial charge in [0.25, 0.3) is 5.91 Å². The van der Waals surface area contributed by atoms with Gasteiger partial charge in [-0.1, -0.05) is 36.0 Å². The topological polar surface area (TPSA) is 88.9 Å². The maximum atomic E-state index is 12.4. The van der Waals surface area contributed by atoms with Crippen LogP contribution in [-0.4, -0.2) is 38.9 Å². The molecule has 4 rings (SSSR count). The van der Waals surface area contributed by atoms with E-state index in [1.807, 2.05) is 41.9 Å². The maximum absolute atomic E-state index is 12.4. The van der Waals surface area contributed by atoms with Crippen molar-refractivity contribution in [3.05, 3.63) is 66.0 Å². The van der Waals surface area contributed by atoms with Crippen molar-refractivity contribution in [1.82, 2.24) is 20.1 Å². The number of hydrogen-bond acceptors (Lipinski definition) is 5. The zero-order valence-corrected chi connectivity index (χ0v) is 17.5. The zero-order chi connectivity index (χ0) is 20.9. The molecule has 30 heavy (non-hydrogen) atoms. The number of thioether (sulfide) groups is 1. The Labute approximate surface area is 179 Å². The lowest BCUT2D eigenvalue weighted by Crippen LogP contribution is -2.23. The van der Waals surface area contributed by atoms with E-state index < -0.39 is 0 Å². The first-order valence-electron chi connectivity index (χ1n) is 9.97. The number of aromatic nitrogens is 3. The molecule has 3 aromatic rings. The first-order chi connectivity index (χ1) is 14.6. The summed E-state index contributed by atoms with van der Waals surface area (Å²) in [4.78, 5) is 29.0. The molecular formula is C22H23N5O2S. The summed E-state index contributed by atoms with van der Waals surface area (Å²) >= 11 is 1.31. The fourth-order valence-electron chi connectivity index (χ4n) is 3.06. The third-order valence-electron chi connectivity index (χ3n) is 4.63. The normalized spacial score (nSPS) is 13.1. The predicted molar refractivity (Wildman–Crippen MR) is 117 cm³/mol. The summed E-state index contributed by atoms with van der Waals surface area (Å²) in [5.74, 6) is 1.26. The first kappa shape index (κ1) is 20.2. The van der Waals surface area contributed by atoms with Crippen LogP contribution in [0, 0.1) is 0 Å². The van der Waals surface area contributed by atoms with Crippen molar-refractivity contribution in [1.29, 1.82) is 0 Å². The SMILES string of the molecule is CCNC(=O)c1cccc(NC(=O)CSc2nc(C3CC3)n(-c3ccccc3)n2)c1. The Morgan fingerprint density at radius 2 is 1.93 bits per heavy atom. The van der Waals surface area contributed by atoms with E-state index in [0.29, 0.717) is 28.9 Å². The highest BCUT2D eigenvalue weighted by atomic mass is 32.2. The van der Waals surface area contributed by atoms with E-state index in [4.69, 9.17) is 0 Å². The van der Waals surface area contributed by atoms with E-state index in [2.05, 4.69) is 20.7 Å². The van der Waals surface area contributed by atoms with Gasteiger partial charge in [0.1, 0.15) is 5.82 Å². The summed E-state index contributed by atoms with van der Waals surface area (Å²) in [5.41, 5.74) is 2.08. The molecule has 1 aromatic heterocycles. The van der Waals surface area contributed by atoms with Crippen LogP contribution in [0.5, 0.6) is 0 Å². The smallest absolute Gasteiger partial charge is 0.251 e. The molecule has 7 nitrogen and oxygen atoms in total. The van der Waals surface area contributed by atoms with Crippen LogP contribution in [0.4, 0.5) is 5.69 Å². The van der Waals surface area contributed by atoms with Crippen LogP contribution in [0.3, 0.4) is 0 Å². The molecule has 8 heteroatoms. The van der Waals surface area contributed by atoms with E-state index in [9.17, 15) is 9.59 Å². The Kier molecular flexibility index (Phi) is 6.13. The third-order valence-corrected chi connectivity index (χ3v) is 5.47. The van der Waals surface area contributed by atoms with Gasteiger partial charge in [-0.2, -0.15) is 0 Å². The molecule has 0 saturated heterocycles. The van der Waals surface area contributed by atoms with Crippen molar-refractivity contribution in [3.63, 3.8) is 0 Å². The van der Waals surface area contributed by atoms with Crippen LogP contribution in [0.25, 0.3) is 5.69 Å². The average molecular weight is 422 g/mol. The second-order valence-electron chi connectivity index (χ2n) is 7.05. The van der Waals surface area contributed by atoms with Crippen molar-refractivity contribution in [2.45, 2.75) is 30.8 Å². The highest BCUT2D eigenvalue weighted by Crippen LogP contribution is 2.40. The molecule has 1 aliphatic rings. The fourth-order valence-corrected chi connectivity index (χ4v) is 3.69. The summed E-state index contributed by atoms with van der Waals surface area (Å²) in [7, 11) is 0. The van der Waals surface area contributed by atoms with Gasteiger partial charge in [-0.05, 0) is 50.1 Å². The van der Waals surface area contributed by atoms with E-state index in [-0.39, 0.29) is 17.6 Å². The molecule has 1 fully saturated rings. The molecule has 0 aliphatic heterocycles. The second kappa shape index (κ2) is 9.13. The van der Waals surface area contributed by atoms with Crippen molar-refractivity contribution in [2.75, 3.05) is 17.6 Å². The largest absolute Gasteiger partial charge is 0.352 e. The number of anilines is 1. The maximum Gasteiger partial charge on any atom is 0.251 e. The van der Waals surface area contributed by atoms with E-state index in [0.717, 1.165) is 24.4 Å². The Morgan fingerprint density at radius 1 is 1.13 bits per heavy atom. The molecule has 0 atom stereocenters. The summed E-state index contributed by atoms with van der Waals surface area (Å²) in [6, 6.07) is 16.8. The van der Waals surface area contributed by atoms with Gasteiger partial charge < -0.3 is 10.6 Å². The standard InChI is InChI=1S/C22H23N5O2S/c1-2-23-21(29)16-7-6-8-17(13-16)24-19(28)14-30-22-25-20(15-11-12-15)27(26-22)18-9-4-3-5-10-18/h3-10,13,15H,2,11-12,14H2,1H3,(H,23,29)(H,24,28). The van der Waals surface area contributed by atoms with Crippen molar-refractivity contribution in [2.24, 2.45) is 0 Å². The summed E-state index contributed by atoms with van der Waals surface area (Å²) in [5, 5.41) is 10.8. The molecule has 0 bridgehead atoms. The Bertz CT molecular complexity index is 1050. The van der Waals surface area contributed by atoms with Crippen molar-refractivity contribution >= 4 is 29.3 Å². The van der Waals surface area contributed by atoms with Gasteiger partial charge in [-0.15, -0.1) is 5.10 Å². The quantitative estimate of drug-likeness (QED) is 0.542. The molecule has 2 N–H and O–H groups in total. The molecular weight excluding hydrogens is 398 g/mol. The number of carbonyl (C=O) groups excluding carboxylic acids is 2.